The van der Waals surface area contributed by atoms with Crippen molar-refractivity contribution in [1.29, 1.82) is 0 Å². The van der Waals surface area contributed by atoms with Crippen molar-refractivity contribution in [3.63, 3.8) is 0 Å². The Kier molecular flexibility index (Phi) is 5.92. The van der Waals surface area contributed by atoms with E-state index in [0.29, 0.717) is 5.56 Å². The smallest absolute Gasteiger partial charge is 0.407 e. The number of aliphatic hydroxyl groups is 2. The number of benzene rings is 2. The third-order valence-corrected chi connectivity index (χ3v) is 5.62. The summed E-state index contributed by atoms with van der Waals surface area (Å²) in [6.07, 6.45) is -1.15. The number of anilines is 1. The number of alkyl carbamates (subject to hydrolysis) is 1. The van der Waals surface area contributed by atoms with Crippen LogP contribution in [-0.4, -0.2) is 45.3 Å². The number of amides is 1. The molecular formula is C23H26N4O4. The summed E-state index contributed by atoms with van der Waals surface area (Å²) in [6, 6.07) is 16.3. The molecule has 0 aliphatic heterocycles. The van der Waals surface area contributed by atoms with Crippen molar-refractivity contribution in [2.24, 2.45) is 7.05 Å². The molecule has 2 atom stereocenters. The lowest BCUT2D eigenvalue weighted by molar-refractivity contribution is 0.0140. The molecular weight excluding hydrogens is 396 g/mol. The number of aryl methyl sites for hydroxylation is 1. The number of hydrogen-bond donors (Lipinski definition) is 4. The van der Waals surface area contributed by atoms with Gasteiger partial charge in [-0.3, -0.25) is 4.68 Å². The highest BCUT2D eigenvalue weighted by Gasteiger charge is 2.29. The number of rotatable bonds is 7. The fraction of sp³-hybridized carbons (Fsp3) is 0.304. The normalized spacial score (nSPS) is 14.5. The van der Waals surface area contributed by atoms with Crippen LogP contribution in [0.4, 0.5) is 10.6 Å². The van der Waals surface area contributed by atoms with E-state index in [1.807, 2.05) is 24.3 Å². The van der Waals surface area contributed by atoms with Crippen LogP contribution in [0.2, 0.25) is 0 Å². The molecule has 2 unspecified atom stereocenters. The number of ether oxygens (including phenoxy) is 1. The molecule has 1 aromatic heterocycles. The van der Waals surface area contributed by atoms with E-state index in [1.54, 1.807) is 13.2 Å². The average Bonchev–Trinajstić information content (AvgIpc) is 3.28. The van der Waals surface area contributed by atoms with Crippen LogP contribution < -0.4 is 11.1 Å². The lowest BCUT2D eigenvalue weighted by Crippen LogP contribution is -2.30. The lowest BCUT2D eigenvalue weighted by atomic mass is 9.98. The summed E-state index contributed by atoms with van der Waals surface area (Å²) in [5.74, 6) is 0.151. The van der Waals surface area contributed by atoms with Gasteiger partial charge in [-0.1, -0.05) is 48.5 Å². The average molecular weight is 422 g/mol. The maximum atomic E-state index is 12.2. The zero-order chi connectivity index (χ0) is 22.0. The van der Waals surface area contributed by atoms with Crippen LogP contribution >= 0.6 is 0 Å². The van der Waals surface area contributed by atoms with Gasteiger partial charge in [0.25, 0.3) is 0 Å². The molecule has 2 aromatic carbocycles. The summed E-state index contributed by atoms with van der Waals surface area (Å²) in [6.45, 7) is 0.367. The van der Waals surface area contributed by atoms with E-state index in [4.69, 9.17) is 10.5 Å². The van der Waals surface area contributed by atoms with Gasteiger partial charge in [0.15, 0.2) is 5.82 Å². The monoisotopic (exact) mass is 422 g/mol. The lowest BCUT2D eigenvalue weighted by Gasteiger charge is -2.18. The SMILES string of the molecule is Cn1cc(C(O)C(O)CCNC(=O)OCC2c3ccccc3-c3ccccc32)c(N)n1. The fourth-order valence-electron chi connectivity index (χ4n) is 4.09. The molecule has 1 amide bonds. The van der Waals surface area contributed by atoms with Gasteiger partial charge in [-0.2, -0.15) is 5.10 Å². The Hall–Kier alpha value is -3.36. The van der Waals surface area contributed by atoms with Crippen LogP contribution in [0.5, 0.6) is 0 Å². The molecule has 1 aliphatic rings. The largest absolute Gasteiger partial charge is 0.449 e. The summed E-state index contributed by atoms with van der Waals surface area (Å²) < 4.78 is 6.93. The fourth-order valence-corrected chi connectivity index (χ4v) is 4.09. The molecule has 8 heteroatoms. The highest BCUT2D eigenvalue weighted by Crippen LogP contribution is 2.44. The molecule has 3 aromatic rings. The van der Waals surface area contributed by atoms with E-state index in [0.717, 1.165) is 11.1 Å². The number of carbonyl (C=O) groups excluding carboxylic acids is 1. The maximum Gasteiger partial charge on any atom is 0.407 e. The molecule has 1 aliphatic carbocycles. The third-order valence-electron chi connectivity index (χ3n) is 5.62. The van der Waals surface area contributed by atoms with Crippen molar-refractivity contribution in [1.82, 2.24) is 15.1 Å². The summed E-state index contributed by atoms with van der Waals surface area (Å²) in [5.41, 5.74) is 10.7. The van der Waals surface area contributed by atoms with Gasteiger partial charge in [-0.25, -0.2) is 4.79 Å². The van der Waals surface area contributed by atoms with Gasteiger partial charge < -0.3 is 26.0 Å². The standard InChI is InChI=1S/C23H26N4O4/c1-27-12-18(22(24)26-27)21(29)20(28)10-11-25-23(30)31-13-19-16-8-4-2-6-14(16)15-7-3-5-9-17(15)19/h2-9,12,19-21,28-29H,10-11,13H2,1H3,(H2,24,26)(H,25,30). The first-order chi connectivity index (χ1) is 15.0. The van der Waals surface area contributed by atoms with Crippen molar-refractivity contribution in [2.45, 2.75) is 24.5 Å². The number of aromatic nitrogens is 2. The molecule has 0 fully saturated rings. The van der Waals surface area contributed by atoms with Crippen molar-refractivity contribution < 1.29 is 19.7 Å². The van der Waals surface area contributed by atoms with Gasteiger partial charge in [0.1, 0.15) is 12.7 Å². The summed E-state index contributed by atoms with van der Waals surface area (Å²) >= 11 is 0. The zero-order valence-corrected chi connectivity index (χ0v) is 17.2. The second-order valence-electron chi connectivity index (χ2n) is 7.70. The number of nitrogens with zero attached hydrogens (tertiary/aromatic N) is 2. The first kappa shape index (κ1) is 20.9. The van der Waals surface area contributed by atoms with Crippen LogP contribution in [-0.2, 0) is 11.8 Å². The Morgan fingerprint density at radius 1 is 1.16 bits per heavy atom. The first-order valence-electron chi connectivity index (χ1n) is 10.2. The van der Waals surface area contributed by atoms with Crippen LogP contribution in [0.15, 0.2) is 54.7 Å². The number of nitrogens with two attached hydrogens (primary N) is 1. The molecule has 4 rings (SSSR count). The van der Waals surface area contributed by atoms with Gasteiger partial charge in [-0.05, 0) is 28.7 Å². The number of nitrogen functional groups attached to an aromatic ring is 1. The minimum Gasteiger partial charge on any atom is -0.449 e. The molecule has 0 bridgehead atoms. The molecule has 0 saturated heterocycles. The highest BCUT2D eigenvalue weighted by atomic mass is 16.5. The Labute approximate surface area is 180 Å². The molecule has 0 radical (unpaired) electrons. The van der Waals surface area contributed by atoms with Crippen LogP contribution in [0, 0.1) is 0 Å². The molecule has 1 heterocycles. The molecule has 5 N–H and O–H groups in total. The van der Waals surface area contributed by atoms with Gasteiger partial charge in [0, 0.05) is 31.3 Å². The second-order valence-corrected chi connectivity index (χ2v) is 7.70. The Morgan fingerprint density at radius 2 is 1.77 bits per heavy atom. The predicted octanol–water partition coefficient (Wildman–Crippen LogP) is 2.33. The van der Waals surface area contributed by atoms with E-state index in [-0.39, 0.29) is 31.3 Å². The maximum absolute atomic E-state index is 12.2. The number of carbonyl (C=O) groups is 1. The molecule has 0 saturated carbocycles. The third kappa shape index (κ3) is 4.26. The minimum atomic E-state index is -1.18. The quantitative estimate of drug-likeness (QED) is 0.463. The van der Waals surface area contributed by atoms with Crippen molar-refractivity contribution in [3.8, 4) is 11.1 Å². The van der Waals surface area contributed by atoms with E-state index in [1.165, 1.54) is 15.8 Å². The Bertz CT molecular complexity index is 1040. The minimum absolute atomic E-state index is 0.0147. The first-order valence-corrected chi connectivity index (χ1v) is 10.2. The van der Waals surface area contributed by atoms with Crippen LogP contribution in [0.3, 0.4) is 0 Å². The number of nitrogens with one attached hydrogen (secondary N) is 1. The number of hydrogen-bond acceptors (Lipinski definition) is 6. The van der Waals surface area contributed by atoms with Crippen molar-refractivity contribution in [2.75, 3.05) is 18.9 Å². The second kappa shape index (κ2) is 8.79. The molecule has 8 nitrogen and oxygen atoms in total. The Morgan fingerprint density at radius 3 is 2.35 bits per heavy atom. The van der Waals surface area contributed by atoms with E-state index >= 15 is 0 Å². The van der Waals surface area contributed by atoms with E-state index in [2.05, 4.69) is 34.7 Å². The van der Waals surface area contributed by atoms with E-state index in [9.17, 15) is 15.0 Å². The van der Waals surface area contributed by atoms with E-state index < -0.39 is 18.3 Å². The molecule has 31 heavy (non-hydrogen) atoms. The summed E-state index contributed by atoms with van der Waals surface area (Å²) in [5, 5.41) is 27.0. The van der Waals surface area contributed by atoms with Gasteiger partial charge in [0.05, 0.1) is 6.10 Å². The zero-order valence-electron chi connectivity index (χ0n) is 17.2. The van der Waals surface area contributed by atoms with Crippen molar-refractivity contribution in [3.05, 3.63) is 71.4 Å². The van der Waals surface area contributed by atoms with Crippen molar-refractivity contribution >= 4 is 11.9 Å². The molecule has 162 valence electrons. The number of aliphatic hydroxyl groups excluding tert-OH is 2. The summed E-state index contributed by atoms with van der Waals surface area (Å²) in [7, 11) is 1.68. The Balaban J connectivity index is 1.29. The summed E-state index contributed by atoms with van der Waals surface area (Å²) in [4.78, 5) is 12.2. The predicted molar refractivity (Wildman–Crippen MR) is 116 cm³/mol. The highest BCUT2D eigenvalue weighted by molar-refractivity contribution is 5.79. The molecule has 0 spiro atoms. The van der Waals surface area contributed by atoms with Crippen LogP contribution in [0.25, 0.3) is 11.1 Å². The van der Waals surface area contributed by atoms with Gasteiger partial charge in [0.2, 0.25) is 0 Å². The van der Waals surface area contributed by atoms with Gasteiger partial charge in [-0.15, -0.1) is 0 Å². The number of fused-ring (bicyclic) bond motifs is 3. The topological polar surface area (TPSA) is 123 Å². The van der Waals surface area contributed by atoms with Gasteiger partial charge >= 0.3 is 6.09 Å². The van der Waals surface area contributed by atoms with Crippen LogP contribution in [0.1, 0.15) is 35.1 Å².